The zero-order valence-electron chi connectivity index (χ0n) is 12.6. The number of aryl methyl sites for hydroxylation is 1. The number of aromatic nitrogens is 3. The van der Waals surface area contributed by atoms with Gasteiger partial charge in [0.15, 0.2) is 0 Å². The third kappa shape index (κ3) is 3.07. The van der Waals surface area contributed by atoms with Crippen LogP contribution in [0.1, 0.15) is 15.9 Å². The molecule has 8 heteroatoms. The van der Waals surface area contributed by atoms with Crippen LogP contribution in [0.2, 0.25) is 5.02 Å². The van der Waals surface area contributed by atoms with E-state index in [0.717, 1.165) is 6.21 Å². The highest BCUT2D eigenvalue weighted by Gasteiger charge is 2.19. The van der Waals surface area contributed by atoms with Gasteiger partial charge < -0.3 is 9.40 Å². The molecule has 1 aromatic carbocycles. The van der Waals surface area contributed by atoms with E-state index in [9.17, 15) is 9.18 Å². The van der Waals surface area contributed by atoms with Crippen LogP contribution in [0.15, 0.2) is 54.1 Å². The molecule has 0 spiro atoms. The molecule has 0 atom stereocenters. The van der Waals surface area contributed by atoms with E-state index >= 15 is 0 Å². The second kappa shape index (κ2) is 6.67. The Kier molecular flexibility index (Phi) is 4.43. The lowest BCUT2D eigenvalue weighted by molar-refractivity contribution is 0.0519. The molecule has 0 unspecified atom stereocenters. The summed E-state index contributed by atoms with van der Waals surface area (Å²) < 4.78 is 16.9. The Hall–Kier alpha value is -2.93. The summed E-state index contributed by atoms with van der Waals surface area (Å²) in [6, 6.07) is 7.86. The van der Waals surface area contributed by atoms with E-state index in [1.54, 1.807) is 24.0 Å². The first-order valence-electron chi connectivity index (χ1n) is 6.92. The van der Waals surface area contributed by atoms with Gasteiger partial charge in [0.05, 0.1) is 23.0 Å². The van der Waals surface area contributed by atoms with Gasteiger partial charge in [0.1, 0.15) is 17.2 Å². The monoisotopic (exact) mass is 346 g/mol. The molecule has 6 nitrogen and oxygen atoms in total. The summed E-state index contributed by atoms with van der Waals surface area (Å²) in [4.78, 5) is 17.0. The lowest BCUT2D eigenvalue weighted by Gasteiger charge is -2.05. The molecule has 3 aromatic rings. The quantitative estimate of drug-likeness (QED) is 0.414. The second-order valence-electron chi connectivity index (χ2n) is 4.84. The predicted octanol–water partition coefficient (Wildman–Crippen LogP) is 3.19. The molecule has 0 aliphatic carbocycles. The number of benzene rings is 1. The summed E-state index contributed by atoms with van der Waals surface area (Å²) in [6.07, 6.45) is 5.98. The van der Waals surface area contributed by atoms with E-state index in [1.165, 1.54) is 29.1 Å². The van der Waals surface area contributed by atoms with Crippen molar-refractivity contribution in [3.63, 3.8) is 0 Å². The van der Waals surface area contributed by atoms with Crippen molar-refractivity contribution in [3.8, 4) is 5.82 Å². The van der Waals surface area contributed by atoms with Gasteiger partial charge in [0.25, 0.3) is 0 Å². The summed E-state index contributed by atoms with van der Waals surface area (Å²) in [5.74, 6) is -0.739. The van der Waals surface area contributed by atoms with Gasteiger partial charge >= 0.3 is 5.97 Å². The Morgan fingerprint density at radius 1 is 1.33 bits per heavy atom. The molecule has 0 N–H and O–H groups in total. The summed E-state index contributed by atoms with van der Waals surface area (Å²) >= 11 is 5.87. The maximum atomic E-state index is 13.6. The van der Waals surface area contributed by atoms with Crippen molar-refractivity contribution in [3.05, 3.63) is 70.9 Å². The maximum absolute atomic E-state index is 13.6. The molecule has 2 aromatic heterocycles. The number of carbonyl (C=O) groups excluding carboxylic acids is 1. The molecule has 0 radical (unpaired) electrons. The van der Waals surface area contributed by atoms with Crippen molar-refractivity contribution in [1.29, 1.82) is 0 Å². The normalized spacial score (nSPS) is 11.1. The standard InChI is InChI=1S/C16H12ClFN4O2/c1-21-15(22-7-2-3-8-22)12(9-19-21)16(23)24-20-10-11-13(17)5-4-6-14(11)18/h2-10H,1H3/b20-10+. The van der Waals surface area contributed by atoms with Crippen molar-refractivity contribution in [2.45, 2.75) is 0 Å². The minimum absolute atomic E-state index is 0.0452. The van der Waals surface area contributed by atoms with E-state index < -0.39 is 11.8 Å². The second-order valence-corrected chi connectivity index (χ2v) is 5.25. The first kappa shape index (κ1) is 15.9. The molecule has 3 rings (SSSR count). The summed E-state index contributed by atoms with van der Waals surface area (Å²) in [7, 11) is 1.70. The van der Waals surface area contributed by atoms with Crippen LogP contribution in [-0.4, -0.2) is 26.5 Å². The molecule has 0 amide bonds. The molecule has 0 bridgehead atoms. The Labute approximate surface area is 141 Å². The van der Waals surface area contributed by atoms with E-state index in [2.05, 4.69) is 10.3 Å². The number of hydrogen-bond donors (Lipinski definition) is 0. The summed E-state index contributed by atoms with van der Waals surface area (Å²) in [5.41, 5.74) is 0.272. The van der Waals surface area contributed by atoms with Crippen molar-refractivity contribution in [2.24, 2.45) is 12.2 Å². The van der Waals surface area contributed by atoms with Crippen LogP contribution in [0.25, 0.3) is 5.82 Å². The third-order valence-corrected chi connectivity index (χ3v) is 3.62. The molecule has 0 saturated heterocycles. The Morgan fingerprint density at radius 3 is 2.79 bits per heavy atom. The van der Waals surface area contributed by atoms with Gasteiger partial charge in [-0.2, -0.15) is 5.10 Å². The molecule has 2 heterocycles. The van der Waals surface area contributed by atoms with Gasteiger partial charge in [0, 0.05) is 19.4 Å². The molecule has 0 aliphatic heterocycles. The fraction of sp³-hybridized carbons (Fsp3) is 0.0625. The van der Waals surface area contributed by atoms with Crippen LogP contribution < -0.4 is 0 Å². The molecule has 0 saturated carbocycles. The van der Waals surface area contributed by atoms with E-state index in [4.69, 9.17) is 16.4 Å². The van der Waals surface area contributed by atoms with E-state index in [-0.39, 0.29) is 16.1 Å². The van der Waals surface area contributed by atoms with Crippen LogP contribution in [0.4, 0.5) is 4.39 Å². The van der Waals surface area contributed by atoms with E-state index in [1.807, 2.05) is 12.1 Å². The van der Waals surface area contributed by atoms with Gasteiger partial charge in [0.2, 0.25) is 0 Å². The molecular formula is C16H12ClFN4O2. The average molecular weight is 347 g/mol. The minimum Gasteiger partial charge on any atom is -0.313 e. The topological polar surface area (TPSA) is 61.4 Å². The van der Waals surface area contributed by atoms with E-state index in [0.29, 0.717) is 5.82 Å². The SMILES string of the molecule is Cn1ncc(C(=O)O/N=C/c2c(F)cccc2Cl)c1-n1cccc1. The van der Waals surface area contributed by atoms with Gasteiger partial charge in [-0.05, 0) is 24.3 Å². The molecule has 0 fully saturated rings. The Bertz CT molecular complexity index is 883. The van der Waals surface area contributed by atoms with Crippen LogP contribution in [0.5, 0.6) is 0 Å². The number of hydrogen-bond acceptors (Lipinski definition) is 4. The van der Waals surface area contributed by atoms with Crippen molar-refractivity contribution in [2.75, 3.05) is 0 Å². The first-order chi connectivity index (χ1) is 11.6. The average Bonchev–Trinajstić information content (AvgIpc) is 3.19. The van der Waals surface area contributed by atoms with Crippen molar-refractivity contribution < 1.29 is 14.0 Å². The van der Waals surface area contributed by atoms with Gasteiger partial charge in [-0.15, -0.1) is 0 Å². The zero-order valence-corrected chi connectivity index (χ0v) is 13.3. The first-order valence-corrected chi connectivity index (χ1v) is 7.30. The maximum Gasteiger partial charge on any atom is 0.371 e. The summed E-state index contributed by atoms with van der Waals surface area (Å²) in [5, 5.41) is 7.75. The highest BCUT2D eigenvalue weighted by Crippen LogP contribution is 2.18. The minimum atomic E-state index is -0.712. The van der Waals surface area contributed by atoms with Crippen LogP contribution >= 0.6 is 11.6 Å². The largest absolute Gasteiger partial charge is 0.371 e. The zero-order chi connectivity index (χ0) is 17.1. The third-order valence-electron chi connectivity index (χ3n) is 3.29. The highest BCUT2D eigenvalue weighted by molar-refractivity contribution is 6.33. The fourth-order valence-corrected chi connectivity index (χ4v) is 2.38. The predicted molar refractivity (Wildman–Crippen MR) is 87.0 cm³/mol. The highest BCUT2D eigenvalue weighted by atomic mass is 35.5. The smallest absolute Gasteiger partial charge is 0.313 e. The lowest BCUT2D eigenvalue weighted by atomic mass is 10.2. The number of rotatable bonds is 4. The number of carbonyl (C=O) groups is 1. The number of halogens is 2. The Morgan fingerprint density at radius 2 is 2.08 bits per heavy atom. The molecule has 0 aliphatic rings. The van der Waals surface area contributed by atoms with Gasteiger partial charge in [-0.25, -0.2) is 9.18 Å². The molecular weight excluding hydrogens is 335 g/mol. The molecule has 122 valence electrons. The van der Waals surface area contributed by atoms with Crippen molar-refractivity contribution >= 4 is 23.8 Å². The van der Waals surface area contributed by atoms with Gasteiger partial charge in [-0.1, -0.05) is 22.8 Å². The number of nitrogens with zero attached hydrogens (tertiary/aromatic N) is 4. The van der Waals surface area contributed by atoms with Crippen LogP contribution in [0, 0.1) is 5.82 Å². The fourth-order valence-electron chi connectivity index (χ4n) is 2.17. The lowest BCUT2D eigenvalue weighted by Crippen LogP contribution is -2.08. The number of oxime groups is 1. The molecule has 24 heavy (non-hydrogen) atoms. The van der Waals surface area contributed by atoms with Crippen LogP contribution in [0.3, 0.4) is 0 Å². The Balaban J connectivity index is 1.81. The van der Waals surface area contributed by atoms with Crippen LogP contribution in [-0.2, 0) is 11.9 Å². The van der Waals surface area contributed by atoms with Crippen molar-refractivity contribution in [1.82, 2.24) is 14.3 Å². The summed E-state index contributed by atoms with van der Waals surface area (Å²) in [6.45, 7) is 0. The van der Waals surface area contributed by atoms with Gasteiger partial charge in [-0.3, -0.25) is 4.68 Å².